The molecule has 1 saturated heterocycles. The molecule has 0 aromatic carbocycles. The highest BCUT2D eigenvalue weighted by Gasteiger charge is 2.15. The van der Waals surface area contributed by atoms with E-state index in [1.807, 2.05) is 12.1 Å². The van der Waals surface area contributed by atoms with Gasteiger partial charge in [0.15, 0.2) is 0 Å². The van der Waals surface area contributed by atoms with Crippen LogP contribution in [0.1, 0.15) is 22.6 Å². The molecule has 0 bridgehead atoms. The van der Waals surface area contributed by atoms with Crippen LogP contribution in [-0.2, 0) is 20.9 Å². The monoisotopic (exact) mass is 268 g/mol. The van der Waals surface area contributed by atoms with Gasteiger partial charge in [0.2, 0.25) is 0 Å². The van der Waals surface area contributed by atoms with Crippen molar-refractivity contribution >= 4 is 23.4 Å². The van der Waals surface area contributed by atoms with Crippen molar-refractivity contribution in [3.8, 4) is 0 Å². The lowest BCUT2D eigenvalue weighted by atomic mass is 10.2. The second-order valence-corrected chi connectivity index (χ2v) is 5.33. The highest BCUT2D eigenvalue weighted by Crippen LogP contribution is 2.19. The van der Waals surface area contributed by atoms with Gasteiger partial charge >= 0.3 is 5.97 Å². The summed E-state index contributed by atoms with van der Waals surface area (Å²) in [4.78, 5) is 12.4. The van der Waals surface area contributed by atoms with Crippen LogP contribution < -0.4 is 0 Å². The third-order valence-electron chi connectivity index (χ3n) is 2.64. The van der Waals surface area contributed by atoms with Crippen LogP contribution in [0.2, 0.25) is 0 Å². The first-order valence-electron chi connectivity index (χ1n) is 5.93. The van der Waals surface area contributed by atoms with E-state index in [9.17, 15) is 4.79 Å². The molecule has 0 saturated carbocycles. The lowest BCUT2D eigenvalue weighted by molar-refractivity contribution is -0.131. The van der Waals surface area contributed by atoms with Crippen molar-refractivity contribution in [2.75, 3.05) is 13.2 Å². The molecule has 1 atom stereocenters. The van der Waals surface area contributed by atoms with Gasteiger partial charge in [-0.3, -0.25) is 0 Å². The first kappa shape index (κ1) is 13.3. The van der Waals surface area contributed by atoms with E-state index in [-0.39, 0.29) is 6.10 Å². The van der Waals surface area contributed by atoms with Crippen LogP contribution >= 0.6 is 11.3 Å². The molecule has 18 heavy (non-hydrogen) atoms. The number of hydrogen-bond donors (Lipinski definition) is 1. The van der Waals surface area contributed by atoms with Crippen molar-refractivity contribution in [2.45, 2.75) is 25.6 Å². The molecule has 0 amide bonds. The fourth-order valence-electron chi connectivity index (χ4n) is 1.78. The third-order valence-corrected chi connectivity index (χ3v) is 3.67. The predicted molar refractivity (Wildman–Crippen MR) is 69.6 cm³/mol. The standard InChI is InChI=1S/C13H16O4S/c14-13(15)6-5-11-3-4-12(18-11)9-16-8-10-2-1-7-17-10/h3-6,10H,1-2,7-9H2,(H,14,15). The number of carboxylic acid groups (broad SMARTS) is 1. The summed E-state index contributed by atoms with van der Waals surface area (Å²) in [6, 6.07) is 3.86. The number of rotatable bonds is 6. The van der Waals surface area contributed by atoms with Crippen LogP contribution in [0, 0.1) is 0 Å². The number of ether oxygens (including phenoxy) is 2. The minimum absolute atomic E-state index is 0.247. The molecule has 0 aliphatic carbocycles. The molecule has 1 aromatic rings. The molecule has 2 rings (SSSR count). The molecule has 1 aromatic heterocycles. The summed E-state index contributed by atoms with van der Waals surface area (Å²) in [6.07, 6.45) is 5.18. The van der Waals surface area contributed by atoms with Gasteiger partial charge in [0.05, 0.1) is 19.3 Å². The Labute approximate surface area is 110 Å². The van der Waals surface area contributed by atoms with Crippen molar-refractivity contribution in [1.29, 1.82) is 0 Å². The van der Waals surface area contributed by atoms with Gasteiger partial charge in [-0.15, -0.1) is 11.3 Å². The zero-order valence-electron chi connectivity index (χ0n) is 10.0. The molecule has 0 radical (unpaired) electrons. The van der Waals surface area contributed by atoms with E-state index in [1.54, 1.807) is 17.4 Å². The lowest BCUT2D eigenvalue weighted by Crippen LogP contribution is -2.13. The number of hydrogen-bond acceptors (Lipinski definition) is 4. The minimum Gasteiger partial charge on any atom is -0.478 e. The maximum Gasteiger partial charge on any atom is 0.328 e. The Morgan fingerprint density at radius 3 is 3.22 bits per heavy atom. The van der Waals surface area contributed by atoms with Crippen LogP contribution in [-0.4, -0.2) is 30.4 Å². The summed E-state index contributed by atoms with van der Waals surface area (Å²) in [5.74, 6) is -0.931. The van der Waals surface area contributed by atoms with E-state index in [0.29, 0.717) is 13.2 Å². The smallest absolute Gasteiger partial charge is 0.328 e. The first-order chi connectivity index (χ1) is 8.74. The molecule has 98 valence electrons. The Morgan fingerprint density at radius 2 is 2.50 bits per heavy atom. The van der Waals surface area contributed by atoms with E-state index in [0.717, 1.165) is 35.3 Å². The number of thiophene rings is 1. The predicted octanol–water partition coefficient (Wildman–Crippen LogP) is 2.54. The van der Waals surface area contributed by atoms with Crippen LogP contribution in [0.4, 0.5) is 0 Å². The van der Waals surface area contributed by atoms with E-state index in [1.165, 1.54) is 0 Å². The van der Waals surface area contributed by atoms with Gasteiger partial charge in [0.25, 0.3) is 0 Å². The quantitative estimate of drug-likeness (QED) is 0.806. The number of carbonyl (C=O) groups is 1. The Morgan fingerprint density at radius 1 is 1.61 bits per heavy atom. The minimum atomic E-state index is -0.931. The van der Waals surface area contributed by atoms with E-state index in [2.05, 4.69) is 0 Å². The molecule has 1 fully saturated rings. The Balaban J connectivity index is 1.74. The van der Waals surface area contributed by atoms with Gasteiger partial charge in [0.1, 0.15) is 0 Å². The number of aliphatic carboxylic acids is 1. The van der Waals surface area contributed by atoms with Gasteiger partial charge in [-0.2, -0.15) is 0 Å². The highest BCUT2D eigenvalue weighted by molar-refractivity contribution is 7.12. The first-order valence-corrected chi connectivity index (χ1v) is 6.75. The second-order valence-electron chi connectivity index (χ2n) is 4.13. The summed E-state index contributed by atoms with van der Waals surface area (Å²) in [5.41, 5.74) is 0. The van der Waals surface area contributed by atoms with Gasteiger partial charge < -0.3 is 14.6 Å². The van der Waals surface area contributed by atoms with Crippen LogP contribution in [0.15, 0.2) is 18.2 Å². The fraction of sp³-hybridized carbons (Fsp3) is 0.462. The highest BCUT2D eigenvalue weighted by atomic mass is 32.1. The zero-order chi connectivity index (χ0) is 12.8. The van der Waals surface area contributed by atoms with Crippen LogP contribution in [0.5, 0.6) is 0 Å². The number of carboxylic acids is 1. The molecule has 1 unspecified atom stereocenters. The normalized spacial score (nSPS) is 19.7. The largest absolute Gasteiger partial charge is 0.478 e. The summed E-state index contributed by atoms with van der Waals surface area (Å²) in [5, 5.41) is 8.52. The summed E-state index contributed by atoms with van der Waals surface area (Å²) >= 11 is 1.54. The van der Waals surface area contributed by atoms with Crippen molar-refractivity contribution in [3.05, 3.63) is 28.0 Å². The molecule has 5 heteroatoms. The topological polar surface area (TPSA) is 55.8 Å². The Bertz CT molecular complexity index is 418. The molecule has 1 N–H and O–H groups in total. The molecule has 4 nitrogen and oxygen atoms in total. The maximum absolute atomic E-state index is 10.4. The van der Waals surface area contributed by atoms with Crippen LogP contribution in [0.25, 0.3) is 6.08 Å². The zero-order valence-corrected chi connectivity index (χ0v) is 10.8. The van der Waals surface area contributed by atoms with Crippen molar-refractivity contribution in [3.63, 3.8) is 0 Å². The average Bonchev–Trinajstić information content (AvgIpc) is 2.97. The van der Waals surface area contributed by atoms with E-state index >= 15 is 0 Å². The Kier molecular flexibility index (Phi) is 4.92. The van der Waals surface area contributed by atoms with Gasteiger partial charge in [-0.25, -0.2) is 4.79 Å². The van der Waals surface area contributed by atoms with E-state index < -0.39 is 5.97 Å². The van der Waals surface area contributed by atoms with Crippen LogP contribution in [0.3, 0.4) is 0 Å². The lowest BCUT2D eigenvalue weighted by Gasteiger charge is -2.08. The van der Waals surface area contributed by atoms with Crippen molar-refractivity contribution in [2.24, 2.45) is 0 Å². The third kappa shape index (κ3) is 4.25. The van der Waals surface area contributed by atoms with Crippen molar-refractivity contribution < 1.29 is 19.4 Å². The SMILES string of the molecule is O=C(O)C=Cc1ccc(COCC2CCCO2)s1. The second kappa shape index (κ2) is 6.68. The molecule has 1 aliphatic rings. The fourth-order valence-corrected chi connectivity index (χ4v) is 2.64. The molecule has 2 heterocycles. The average molecular weight is 268 g/mol. The maximum atomic E-state index is 10.4. The molecular weight excluding hydrogens is 252 g/mol. The molecule has 0 spiro atoms. The molecule has 1 aliphatic heterocycles. The van der Waals surface area contributed by atoms with Gasteiger partial charge in [-0.1, -0.05) is 0 Å². The van der Waals surface area contributed by atoms with E-state index in [4.69, 9.17) is 14.6 Å². The van der Waals surface area contributed by atoms with Crippen molar-refractivity contribution in [1.82, 2.24) is 0 Å². The van der Waals surface area contributed by atoms with Gasteiger partial charge in [0, 0.05) is 22.4 Å². The summed E-state index contributed by atoms with van der Waals surface area (Å²) in [7, 11) is 0. The van der Waals surface area contributed by atoms with Gasteiger partial charge in [-0.05, 0) is 31.1 Å². The summed E-state index contributed by atoms with van der Waals surface area (Å²) in [6.45, 7) is 2.04. The Hall–Kier alpha value is -1.17. The molecular formula is C13H16O4S. The summed E-state index contributed by atoms with van der Waals surface area (Å²) < 4.78 is 11.1.